The lowest BCUT2D eigenvalue weighted by Crippen LogP contribution is -2.48. The first-order valence-corrected chi connectivity index (χ1v) is 8.46. The maximum atomic E-state index is 12.7. The van der Waals surface area contributed by atoms with Crippen LogP contribution in [0.15, 0.2) is 39.8 Å². The average Bonchev–Trinajstić information content (AvgIpc) is 2.88. The minimum atomic E-state index is -3.66. The van der Waals surface area contributed by atoms with E-state index in [4.69, 9.17) is 10.3 Å². The first-order valence-electron chi connectivity index (χ1n) is 7.02. The summed E-state index contributed by atoms with van der Waals surface area (Å²) in [6.07, 6.45) is 0. The monoisotopic (exact) mass is 322 g/mol. The van der Waals surface area contributed by atoms with E-state index in [1.165, 1.54) is 4.31 Å². The zero-order chi connectivity index (χ0) is 15.7. The number of piperazine rings is 1. The van der Waals surface area contributed by atoms with Crippen LogP contribution in [-0.4, -0.2) is 44.1 Å². The van der Waals surface area contributed by atoms with Crippen molar-refractivity contribution in [2.45, 2.75) is 11.8 Å². The van der Waals surface area contributed by atoms with Gasteiger partial charge in [-0.05, 0) is 19.1 Å². The summed E-state index contributed by atoms with van der Waals surface area (Å²) in [6.45, 7) is 3.62. The predicted octanol–water partition coefficient (Wildman–Crippen LogP) is 1.08. The van der Waals surface area contributed by atoms with Gasteiger partial charge >= 0.3 is 0 Å². The third-order valence-corrected chi connectivity index (χ3v) is 5.85. The van der Waals surface area contributed by atoms with Gasteiger partial charge < -0.3 is 15.2 Å². The highest BCUT2D eigenvalue weighted by Crippen LogP contribution is 2.27. The molecular formula is C14H18N4O3S. The van der Waals surface area contributed by atoms with Gasteiger partial charge in [0.2, 0.25) is 10.0 Å². The summed E-state index contributed by atoms with van der Waals surface area (Å²) in [6, 6.07) is 9.94. The number of nitrogen functional groups attached to an aromatic ring is 1. The van der Waals surface area contributed by atoms with E-state index in [-0.39, 0.29) is 16.5 Å². The molecule has 2 N–H and O–H groups in total. The third-order valence-electron chi connectivity index (χ3n) is 3.79. The van der Waals surface area contributed by atoms with Crippen molar-refractivity contribution in [1.29, 1.82) is 0 Å². The lowest BCUT2D eigenvalue weighted by atomic mass is 10.2. The third kappa shape index (κ3) is 2.55. The summed E-state index contributed by atoms with van der Waals surface area (Å²) in [4.78, 5) is 2.15. The summed E-state index contributed by atoms with van der Waals surface area (Å²) in [5.74, 6) is 0.144. The molecule has 1 aromatic heterocycles. The lowest BCUT2D eigenvalue weighted by molar-refractivity contribution is 0.379. The van der Waals surface area contributed by atoms with Gasteiger partial charge in [-0.15, -0.1) is 0 Å². The van der Waals surface area contributed by atoms with Crippen LogP contribution in [0.4, 0.5) is 11.5 Å². The Bertz CT molecular complexity index is 730. The number of benzene rings is 1. The standard InChI is InChI=1S/C14H18N4O3S/c1-11-13(14(15)16-21-11)22(19,20)18-9-7-17(8-10-18)12-5-3-2-4-6-12/h2-6H,7-10H2,1H3,(H2,15,16). The minimum Gasteiger partial charge on any atom is -0.380 e. The van der Waals surface area contributed by atoms with E-state index < -0.39 is 10.0 Å². The number of hydrogen-bond donors (Lipinski definition) is 1. The molecule has 7 nitrogen and oxygen atoms in total. The highest BCUT2D eigenvalue weighted by molar-refractivity contribution is 7.89. The van der Waals surface area contributed by atoms with Gasteiger partial charge in [0, 0.05) is 31.9 Å². The molecule has 0 atom stereocenters. The Morgan fingerprint density at radius 3 is 2.32 bits per heavy atom. The second-order valence-electron chi connectivity index (χ2n) is 5.18. The number of aryl methyl sites for hydroxylation is 1. The molecule has 22 heavy (non-hydrogen) atoms. The molecule has 0 spiro atoms. The van der Waals surface area contributed by atoms with Crippen LogP contribution in [0.25, 0.3) is 0 Å². The molecule has 0 saturated carbocycles. The maximum Gasteiger partial charge on any atom is 0.250 e. The first kappa shape index (κ1) is 14.9. The van der Waals surface area contributed by atoms with Gasteiger partial charge in [0.05, 0.1) is 0 Å². The van der Waals surface area contributed by atoms with Crippen molar-refractivity contribution < 1.29 is 12.9 Å². The van der Waals surface area contributed by atoms with E-state index >= 15 is 0 Å². The molecule has 1 fully saturated rings. The molecule has 0 radical (unpaired) electrons. The molecule has 1 saturated heterocycles. The summed E-state index contributed by atoms with van der Waals surface area (Å²) in [5.41, 5.74) is 6.73. The lowest BCUT2D eigenvalue weighted by Gasteiger charge is -2.35. The Hall–Kier alpha value is -2.06. The van der Waals surface area contributed by atoms with Gasteiger partial charge in [0.1, 0.15) is 0 Å². The molecule has 1 aliphatic rings. The van der Waals surface area contributed by atoms with Crippen LogP contribution in [0, 0.1) is 6.92 Å². The largest absolute Gasteiger partial charge is 0.380 e. The van der Waals surface area contributed by atoms with Crippen molar-refractivity contribution in [2.24, 2.45) is 0 Å². The van der Waals surface area contributed by atoms with Crippen molar-refractivity contribution in [3.05, 3.63) is 36.1 Å². The molecule has 0 amide bonds. The Morgan fingerprint density at radius 2 is 1.77 bits per heavy atom. The van der Waals surface area contributed by atoms with Crippen LogP contribution in [0.3, 0.4) is 0 Å². The smallest absolute Gasteiger partial charge is 0.250 e. The molecule has 0 unspecified atom stereocenters. The zero-order valence-corrected chi connectivity index (χ0v) is 13.1. The van der Waals surface area contributed by atoms with Gasteiger partial charge in [-0.2, -0.15) is 4.31 Å². The van der Waals surface area contributed by atoms with E-state index in [0.29, 0.717) is 26.2 Å². The van der Waals surface area contributed by atoms with Gasteiger partial charge in [0.15, 0.2) is 16.5 Å². The van der Waals surface area contributed by atoms with Gasteiger partial charge in [0.25, 0.3) is 0 Å². The highest BCUT2D eigenvalue weighted by atomic mass is 32.2. The van der Waals surface area contributed by atoms with Crippen LogP contribution >= 0.6 is 0 Å². The van der Waals surface area contributed by atoms with E-state index in [1.807, 2.05) is 30.3 Å². The van der Waals surface area contributed by atoms with Crippen molar-refractivity contribution >= 4 is 21.5 Å². The second kappa shape index (κ2) is 5.62. The fourth-order valence-electron chi connectivity index (χ4n) is 2.65. The number of hydrogen-bond acceptors (Lipinski definition) is 6. The van der Waals surface area contributed by atoms with Crippen molar-refractivity contribution in [2.75, 3.05) is 36.8 Å². The fourth-order valence-corrected chi connectivity index (χ4v) is 4.25. The number of aromatic nitrogens is 1. The Kier molecular flexibility index (Phi) is 3.79. The van der Waals surface area contributed by atoms with Crippen molar-refractivity contribution in [1.82, 2.24) is 9.46 Å². The van der Waals surface area contributed by atoms with E-state index in [9.17, 15) is 8.42 Å². The quantitative estimate of drug-likeness (QED) is 0.909. The summed E-state index contributed by atoms with van der Waals surface area (Å²) < 4.78 is 31.6. The average molecular weight is 322 g/mol. The van der Waals surface area contributed by atoms with Gasteiger partial charge in [-0.1, -0.05) is 23.4 Å². The summed E-state index contributed by atoms with van der Waals surface area (Å²) >= 11 is 0. The van der Waals surface area contributed by atoms with E-state index in [1.54, 1.807) is 6.92 Å². The van der Waals surface area contributed by atoms with E-state index in [2.05, 4.69) is 10.1 Å². The van der Waals surface area contributed by atoms with Crippen LogP contribution in [-0.2, 0) is 10.0 Å². The molecule has 2 heterocycles. The Labute approximate surface area is 129 Å². The van der Waals surface area contributed by atoms with Crippen LogP contribution in [0.5, 0.6) is 0 Å². The van der Waals surface area contributed by atoms with E-state index in [0.717, 1.165) is 5.69 Å². The molecular weight excluding hydrogens is 304 g/mol. The minimum absolute atomic E-state index is 0.0133. The molecule has 8 heteroatoms. The number of nitrogens with two attached hydrogens (primary N) is 1. The normalized spacial score (nSPS) is 16.9. The Morgan fingerprint density at radius 1 is 1.14 bits per heavy atom. The maximum absolute atomic E-state index is 12.7. The fraction of sp³-hybridized carbons (Fsp3) is 0.357. The van der Waals surface area contributed by atoms with Gasteiger partial charge in [-0.3, -0.25) is 0 Å². The van der Waals surface area contributed by atoms with Crippen molar-refractivity contribution in [3.63, 3.8) is 0 Å². The Balaban J connectivity index is 1.76. The van der Waals surface area contributed by atoms with Crippen LogP contribution < -0.4 is 10.6 Å². The number of nitrogens with zero attached hydrogens (tertiary/aromatic N) is 3. The SMILES string of the molecule is Cc1onc(N)c1S(=O)(=O)N1CCN(c2ccccc2)CC1. The van der Waals surface area contributed by atoms with Crippen LogP contribution in [0.2, 0.25) is 0 Å². The number of sulfonamides is 1. The summed E-state index contributed by atoms with van der Waals surface area (Å²) in [5, 5.41) is 3.53. The van der Waals surface area contributed by atoms with Gasteiger partial charge in [-0.25, -0.2) is 8.42 Å². The molecule has 0 bridgehead atoms. The zero-order valence-electron chi connectivity index (χ0n) is 12.3. The predicted molar refractivity (Wildman–Crippen MR) is 83.1 cm³/mol. The molecule has 1 aliphatic heterocycles. The molecule has 0 aliphatic carbocycles. The van der Waals surface area contributed by atoms with Crippen molar-refractivity contribution in [3.8, 4) is 0 Å². The van der Waals surface area contributed by atoms with Crippen LogP contribution in [0.1, 0.15) is 5.76 Å². The second-order valence-corrected chi connectivity index (χ2v) is 7.05. The number of rotatable bonds is 3. The highest BCUT2D eigenvalue weighted by Gasteiger charge is 2.33. The number of para-hydroxylation sites is 1. The molecule has 3 rings (SSSR count). The molecule has 1 aromatic carbocycles. The molecule has 2 aromatic rings. The molecule has 118 valence electrons. The number of anilines is 2. The summed E-state index contributed by atoms with van der Waals surface area (Å²) in [7, 11) is -3.66. The first-order chi connectivity index (χ1) is 10.5. The topological polar surface area (TPSA) is 92.7 Å².